The van der Waals surface area contributed by atoms with Crippen LogP contribution in [0, 0.1) is 0 Å². The zero-order valence-electron chi connectivity index (χ0n) is 14.9. The van der Waals surface area contributed by atoms with Crippen molar-refractivity contribution in [3.05, 3.63) is 65.9 Å². The minimum absolute atomic E-state index is 0.139. The van der Waals surface area contributed by atoms with E-state index in [2.05, 4.69) is 20.8 Å². The molecule has 0 unspecified atom stereocenters. The third-order valence-corrected chi connectivity index (χ3v) is 3.98. The van der Waals surface area contributed by atoms with Crippen LogP contribution in [-0.4, -0.2) is 36.7 Å². The third kappa shape index (κ3) is 4.94. The molecule has 0 aliphatic carbocycles. The number of fused-ring (bicyclic) bond motifs is 1. The summed E-state index contributed by atoms with van der Waals surface area (Å²) in [6.07, 6.45) is 3.57. The number of hydrazone groups is 1. The first-order chi connectivity index (χ1) is 13.2. The van der Waals surface area contributed by atoms with Crippen molar-refractivity contribution in [2.45, 2.75) is 6.42 Å². The summed E-state index contributed by atoms with van der Waals surface area (Å²) in [5.74, 6) is 0.0942. The maximum Gasteiger partial charge on any atom is 0.259 e. The number of carbonyl (C=O) groups excluding carboxylic acids is 2. The molecule has 27 heavy (non-hydrogen) atoms. The summed E-state index contributed by atoms with van der Waals surface area (Å²) < 4.78 is 5.07. The number of hydrogen-bond acceptors (Lipinski definition) is 4. The fourth-order valence-corrected chi connectivity index (χ4v) is 2.58. The van der Waals surface area contributed by atoms with Gasteiger partial charge >= 0.3 is 0 Å². The van der Waals surface area contributed by atoms with E-state index in [1.165, 1.54) is 0 Å². The van der Waals surface area contributed by atoms with Crippen molar-refractivity contribution in [1.82, 2.24) is 15.7 Å². The summed E-state index contributed by atoms with van der Waals surface area (Å²) in [4.78, 5) is 26.9. The Labute approximate surface area is 156 Å². The van der Waals surface area contributed by atoms with E-state index in [9.17, 15) is 9.59 Å². The number of benzene rings is 2. The van der Waals surface area contributed by atoms with E-state index in [0.29, 0.717) is 0 Å². The number of hydrogen-bond donors (Lipinski definition) is 3. The highest BCUT2D eigenvalue weighted by atomic mass is 16.5. The van der Waals surface area contributed by atoms with Crippen molar-refractivity contribution in [2.75, 3.05) is 13.7 Å². The van der Waals surface area contributed by atoms with Gasteiger partial charge in [0.05, 0.1) is 26.3 Å². The van der Waals surface area contributed by atoms with Gasteiger partial charge in [0.25, 0.3) is 5.91 Å². The Hall–Kier alpha value is -3.61. The number of nitrogens with zero attached hydrogens (tertiary/aromatic N) is 1. The largest absolute Gasteiger partial charge is 0.497 e. The van der Waals surface area contributed by atoms with E-state index in [1.54, 1.807) is 25.5 Å². The molecule has 2 aromatic carbocycles. The molecule has 3 aromatic rings. The monoisotopic (exact) mass is 364 g/mol. The Kier molecular flexibility index (Phi) is 5.84. The average molecular weight is 364 g/mol. The molecular weight excluding hydrogens is 344 g/mol. The average Bonchev–Trinajstić information content (AvgIpc) is 3.10. The molecule has 2 amide bonds. The summed E-state index contributed by atoms with van der Waals surface area (Å²) in [5, 5.41) is 7.52. The van der Waals surface area contributed by atoms with Gasteiger partial charge in [-0.25, -0.2) is 5.43 Å². The second-order valence-electron chi connectivity index (χ2n) is 5.88. The molecule has 1 heterocycles. The minimum atomic E-state index is -0.394. The zero-order valence-corrected chi connectivity index (χ0v) is 14.9. The molecule has 1 aromatic heterocycles. The first kappa shape index (κ1) is 18.2. The SMILES string of the molecule is COc1ccc(CC(=O)NCC(=O)N/N=C/c2c[nH]c3ccccc23)cc1. The van der Waals surface area contributed by atoms with Crippen molar-refractivity contribution in [3.63, 3.8) is 0 Å². The number of methoxy groups -OCH3 is 1. The van der Waals surface area contributed by atoms with Crippen LogP contribution in [0.25, 0.3) is 10.9 Å². The molecule has 3 N–H and O–H groups in total. The van der Waals surface area contributed by atoms with Crippen LogP contribution in [0.2, 0.25) is 0 Å². The lowest BCUT2D eigenvalue weighted by Gasteiger charge is -2.05. The predicted octanol–water partition coefficient (Wildman–Crippen LogP) is 1.99. The number of H-pyrrole nitrogens is 1. The highest BCUT2D eigenvalue weighted by Gasteiger charge is 2.06. The van der Waals surface area contributed by atoms with Crippen LogP contribution in [0.4, 0.5) is 0 Å². The molecule has 0 fully saturated rings. The number of amides is 2. The van der Waals surface area contributed by atoms with E-state index in [0.717, 1.165) is 27.8 Å². The summed E-state index contributed by atoms with van der Waals surface area (Å²) >= 11 is 0. The highest BCUT2D eigenvalue weighted by molar-refractivity contribution is 5.99. The lowest BCUT2D eigenvalue weighted by molar-refractivity contribution is -0.125. The molecule has 7 heteroatoms. The molecule has 0 bridgehead atoms. The molecule has 0 radical (unpaired) electrons. The van der Waals surface area contributed by atoms with Crippen molar-refractivity contribution < 1.29 is 14.3 Å². The van der Waals surface area contributed by atoms with Gasteiger partial charge in [-0.05, 0) is 23.8 Å². The predicted molar refractivity (Wildman–Crippen MR) is 104 cm³/mol. The Morgan fingerprint density at radius 3 is 2.67 bits per heavy atom. The molecule has 3 rings (SSSR count). The number of para-hydroxylation sites is 1. The standard InChI is InChI=1S/C20H20N4O3/c1-27-16-8-6-14(7-9-16)10-19(25)22-13-20(26)24-23-12-15-11-21-18-5-3-2-4-17(15)18/h2-9,11-12,21H,10,13H2,1H3,(H,22,25)(H,24,26)/b23-12+. The minimum Gasteiger partial charge on any atom is -0.497 e. The summed E-state index contributed by atoms with van der Waals surface area (Å²) in [6, 6.07) is 15.0. The van der Waals surface area contributed by atoms with Crippen molar-refractivity contribution in [1.29, 1.82) is 0 Å². The van der Waals surface area contributed by atoms with Crippen LogP contribution in [0.5, 0.6) is 5.75 Å². The normalized spacial score (nSPS) is 10.9. The number of aromatic amines is 1. The zero-order chi connectivity index (χ0) is 19.1. The first-order valence-corrected chi connectivity index (χ1v) is 8.43. The van der Waals surface area contributed by atoms with Crippen LogP contribution in [0.1, 0.15) is 11.1 Å². The Morgan fingerprint density at radius 1 is 1.11 bits per heavy atom. The number of aromatic nitrogens is 1. The molecule has 7 nitrogen and oxygen atoms in total. The molecule has 0 saturated carbocycles. The van der Waals surface area contributed by atoms with Crippen LogP contribution >= 0.6 is 0 Å². The highest BCUT2D eigenvalue weighted by Crippen LogP contribution is 2.15. The molecule has 0 aliphatic heterocycles. The summed E-state index contributed by atoms with van der Waals surface area (Å²) in [7, 11) is 1.58. The molecule has 0 aliphatic rings. The van der Waals surface area contributed by atoms with Crippen LogP contribution in [-0.2, 0) is 16.0 Å². The van der Waals surface area contributed by atoms with E-state index in [-0.39, 0.29) is 18.9 Å². The first-order valence-electron chi connectivity index (χ1n) is 8.43. The topological polar surface area (TPSA) is 95.6 Å². The van der Waals surface area contributed by atoms with Gasteiger partial charge in [-0.15, -0.1) is 0 Å². The number of rotatable bonds is 7. The quantitative estimate of drug-likeness (QED) is 0.442. The van der Waals surface area contributed by atoms with Gasteiger partial charge in [0.2, 0.25) is 5.91 Å². The van der Waals surface area contributed by atoms with Gasteiger partial charge in [0, 0.05) is 22.7 Å². The van der Waals surface area contributed by atoms with E-state index in [4.69, 9.17) is 4.74 Å². The Bertz CT molecular complexity index is 961. The smallest absolute Gasteiger partial charge is 0.259 e. The third-order valence-electron chi connectivity index (χ3n) is 3.98. The van der Waals surface area contributed by atoms with E-state index >= 15 is 0 Å². The molecule has 138 valence electrons. The molecule has 0 spiro atoms. The number of nitrogens with one attached hydrogen (secondary N) is 3. The maximum atomic E-state index is 11.9. The fraction of sp³-hybridized carbons (Fsp3) is 0.150. The Morgan fingerprint density at radius 2 is 1.89 bits per heavy atom. The lowest BCUT2D eigenvalue weighted by atomic mass is 10.1. The fourth-order valence-electron chi connectivity index (χ4n) is 2.58. The summed E-state index contributed by atoms with van der Waals surface area (Å²) in [5.41, 5.74) is 5.11. The van der Waals surface area contributed by atoms with Gasteiger partial charge < -0.3 is 15.0 Å². The summed E-state index contributed by atoms with van der Waals surface area (Å²) in [6.45, 7) is -0.139. The number of carbonyl (C=O) groups is 2. The van der Waals surface area contributed by atoms with Gasteiger partial charge in [0.1, 0.15) is 5.75 Å². The van der Waals surface area contributed by atoms with Crippen LogP contribution in [0.3, 0.4) is 0 Å². The Balaban J connectivity index is 1.44. The van der Waals surface area contributed by atoms with Crippen molar-refractivity contribution >= 4 is 28.9 Å². The van der Waals surface area contributed by atoms with Gasteiger partial charge in [-0.3, -0.25) is 9.59 Å². The van der Waals surface area contributed by atoms with Gasteiger partial charge in [-0.1, -0.05) is 30.3 Å². The second kappa shape index (κ2) is 8.66. The second-order valence-corrected chi connectivity index (χ2v) is 5.88. The van der Waals surface area contributed by atoms with Crippen LogP contribution < -0.4 is 15.5 Å². The van der Waals surface area contributed by atoms with Gasteiger partial charge in [0.15, 0.2) is 0 Å². The molecule has 0 atom stereocenters. The van der Waals surface area contributed by atoms with E-state index < -0.39 is 5.91 Å². The number of ether oxygens (including phenoxy) is 1. The van der Waals surface area contributed by atoms with Crippen LogP contribution in [0.15, 0.2) is 59.8 Å². The van der Waals surface area contributed by atoms with E-state index in [1.807, 2.05) is 42.6 Å². The van der Waals surface area contributed by atoms with Crippen molar-refractivity contribution in [3.8, 4) is 5.75 Å². The van der Waals surface area contributed by atoms with Gasteiger partial charge in [-0.2, -0.15) is 5.10 Å². The lowest BCUT2D eigenvalue weighted by Crippen LogP contribution is -2.35. The van der Waals surface area contributed by atoms with Crippen molar-refractivity contribution in [2.24, 2.45) is 5.10 Å². The molecule has 0 saturated heterocycles. The molecular formula is C20H20N4O3. The maximum absolute atomic E-state index is 11.9.